The van der Waals surface area contributed by atoms with Crippen molar-refractivity contribution in [1.82, 2.24) is 5.32 Å². The van der Waals surface area contributed by atoms with Crippen LogP contribution in [0.4, 0.5) is 0 Å². The Morgan fingerprint density at radius 3 is 1.56 bits per heavy atom. The summed E-state index contributed by atoms with van der Waals surface area (Å²) < 4.78 is 0. The molecule has 0 radical (unpaired) electrons. The van der Waals surface area contributed by atoms with E-state index in [0.717, 1.165) is 13.0 Å². The molecule has 0 fully saturated rings. The molecule has 1 N–H and O–H groups in total. The first-order valence-corrected chi connectivity index (χ1v) is 6.69. The fraction of sp³-hybridized carbons (Fsp3) is 0.294. The first kappa shape index (κ1) is 12.8. The van der Waals surface area contributed by atoms with Crippen LogP contribution in [0, 0.1) is 0 Å². The average molecular weight is 239 g/mol. The summed E-state index contributed by atoms with van der Waals surface area (Å²) in [4.78, 5) is 0. The van der Waals surface area contributed by atoms with Crippen molar-refractivity contribution in [3.8, 4) is 0 Å². The van der Waals surface area contributed by atoms with E-state index in [1.54, 1.807) is 0 Å². The smallest absolute Gasteiger partial charge is 0.0687 e. The molecule has 0 aromatic heterocycles. The van der Waals surface area contributed by atoms with E-state index in [9.17, 15) is 0 Å². The molecule has 18 heavy (non-hydrogen) atoms. The Kier molecular flexibility index (Phi) is 4.16. The molecule has 0 saturated heterocycles. The topological polar surface area (TPSA) is 12.0 Å². The summed E-state index contributed by atoms with van der Waals surface area (Å²) in [5, 5.41) is 3.68. The SMILES string of the molecule is CCNC(CC)(c1ccccc1)c1ccccc1. The Morgan fingerprint density at radius 2 is 1.22 bits per heavy atom. The lowest BCUT2D eigenvalue weighted by atomic mass is 9.80. The van der Waals surface area contributed by atoms with Crippen LogP contribution >= 0.6 is 0 Å². The van der Waals surface area contributed by atoms with Crippen molar-refractivity contribution in [3.63, 3.8) is 0 Å². The fourth-order valence-electron chi connectivity index (χ4n) is 2.65. The third-order valence-corrected chi connectivity index (χ3v) is 3.54. The molecule has 2 aromatic carbocycles. The molecule has 0 aliphatic rings. The van der Waals surface area contributed by atoms with Gasteiger partial charge in [-0.05, 0) is 24.1 Å². The maximum atomic E-state index is 3.68. The second-order valence-electron chi connectivity index (χ2n) is 4.52. The molecule has 1 nitrogen and oxygen atoms in total. The minimum atomic E-state index is -0.0722. The molecular formula is C17H21N. The van der Waals surface area contributed by atoms with Crippen molar-refractivity contribution in [2.24, 2.45) is 0 Å². The molecule has 0 amide bonds. The van der Waals surface area contributed by atoms with Gasteiger partial charge in [-0.2, -0.15) is 0 Å². The standard InChI is InChI=1S/C17H21N/c1-3-17(18-4-2,15-11-7-5-8-12-15)16-13-9-6-10-14-16/h5-14,18H,3-4H2,1-2H3. The van der Waals surface area contributed by atoms with Crippen LogP contribution in [0.3, 0.4) is 0 Å². The van der Waals surface area contributed by atoms with E-state index in [4.69, 9.17) is 0 Å². The van der Waals surface area contributed by atoms with Crippen LogP contribution < -0.4 is 5.32 Å². The molecule has 2 aromatic rings. The minimum absolute atomic E-state index is 0.0722. The number of benzene rings is 2. The van der Waals surface area contributed by atoms with E-state index in [1.807, 2.05) is 0 Å². The highest BCUT2D eigenvalue weighted by molar-refractivity contribution is 5.38. The van der Waals surface area contributed by atoms with Gasteiger partial charge in [-0.25, -0.2) is 0 Å². The van der Waals surface area contributed by atoms with E-state index in [2.05, 4.69) is 79.8 Å². The van der Waals surface area contributed by atoms with Crippen LogP contribution in [0.15, 0.2) is 60.7 Å². The molecule has 2 rings (SSSR count). The first-order chi connectivity index (χ1) is 8.83. The van der Waals surface area contributed by atoms with Crippen LogP contribution in [0.25, 0.3) is 0 Å². The molecule has 0 atom stereocenters. The molecule has 0 heterocycles. The molecule has 0 bridgehead atoms. The van der Waals surface area contributed by atoms with E-state index in [1.165, 1.54) is 11.1 Å². The molecular weight excluding hydrogens is 218 g/mol. The molecule has 0 saturated carbocycles. The first-order valence-electron chi connectivity index (χ1n) is 6.69. The Hall–Kier alpha value is -1.60. The summed E-state index contributed by atoms with van der Waals surface area (Å²) in [5.74, 6) is 0. The van der Waals surface area contributed by atoms with Crippen molar-refractivity contribution in [2.75, 3.05) is 6.54 Å². The molecule has 94 valence electrons. The number of nitrogens with one attached hydrogen (secondary N) is 1. The fourth-order valence-corrected chi connectivity index (χ4v) is 2.65. The Morgan fingerprint density at radius 1 is 0.778 bits per heavy atom. The highest BCUT2D eigenvalue weighted by atomic mass is 15.0. The van der Waals surface area contributed by atoms with Gasteiger partial charge in [0.15, 0.2) is 0 Å². The summed E-state index contributed by atoms with van der Waals surface area (Å²) in [6, 6.07) is 21.4. The Bertz CT molecular complexity index is 422. The lowest BCUT2D eigenvalue weighted by Gasteiger charge is -2.35. The molecule has 1 heteroatoms. The number of hydrogen-bond donors (Lipinski definition) is 1. The highest BCUT2D eigenvalue weighted by Crippen LogP contribution is 2.32. The maximum Gasteiger partial charge on any atom is 0.0687 e. The monoisotopic (exact) mass is 239 g/mol. The van der Waals surface area contributed by atoms with Gasteiger partial charge < -0.3 is 5.32 Å². The molecule has 0 unspecified atom stereocenters. The van der Waals surface area contributed by atoms with E-state index >= 15 is 0 Å². The summed E-state index contributed by atoms with van der Waals surface area (Å²) in [6.45, 7) is 5.36. The summed E-state index contributed by atoms with van der Waals surface area (Å²) >= 11 is 0. The number of rotatable bonds is 5. The Labute approximate surface area is 110 Å². The van der Waals surface area contributed by atoms with Crippen molar-refractivity contribution in [3.05, 3.63) is 71.8 Å². The second-order valence-corrected chi connectivity index (χ2v) is 4.52. The third-order valence-electron chi connectivity index (χ3n) is 3.54. The van der Waals surface area contributed by atoms with Gasteiger partial charge in [0.25, 0.3) is 0 Å². The van der Waals surface area contributed by atoms with Gasteiger partial charge in [0.1, 0.15) is 0 Å². The molecule has 0 aliphatic carbocycles. The highest BCUT2D eigenvalue weighted by Gasteiger charge is 2.30. The quantitative estimate of drug-likeness (QED) is 0.833. The zero-order chi connectivity index (χ0) is 12.8. The van der Waals surface area contributed by atoms with Gasteiger partial charge in [-0.3, -0.25) is 0 Å². The van der Waals surface area contributed by atoms with Crippen molar-refractivity contribution in [1.29, 1.82) is 0 Å². The average Bonchev–Trinajstić information content (AvgIpc) is 2.47. The van der Waals surface area contributed by atoms with E-state index in [0.29, 0.717) is 0 Å². The zero-order valence-electron chi connectivity index (χ0n) is 11.2. The van der Waals surface area contributed by atoms with Gasteiger partial charge in [-0.1, -0.05) is 74.5 Å². The van der Waals surface area contributed by atoms with E-state index in [-0.39, 0.29) is 5.54 Å². The Balaban J connectivity index is 2.53. The summed E-state index contributed by atoms with van der Waals surface area (Å²) in [6.07, 6.45) is 1.04. The predicted octanol–water partition coefficient (Wildman–Crippen LogP) is 3.95. The van der Waals surface area contributed by atoms with Crippen LogP contribution in [-0.2, 0) is 5.54 Å². The normalized spacial score (nSPS) is 11.4. The van der Waals surface area contributed by atoms with Crippen LogP contribution in [0.5, 0.6) is 0 Å². The van der Waals surface area contributed by atoms with Crippen LogP contribution in [0.2, 0.25) is 0 Å². The lowest BCUT2D eigenvalue weighted by Crippen LogP contribution is -2.42. The predicted molar refractivity (Wildman–Crippen MR) is 77.6 cm³/mol. The summed E-state index contributed by atoms with van der Waals surface area (Å²) in [7, 11) is 0. The van der Waals surface area contributed by atoms with Crippen LogP contribution in [0.1, 0.15) is 31.4 Å². The lowest BCUT2D eigenvalue weighted by molar-refractivity contribution is 0.397. The molecule has 0 aliphatic heterocycles. The molecule has 0 spiro atoms. The largest absolute Gasteiger partial charge is 0.304 e. The third kappa shape index (κ3) is 2.32. The zero-order valence-corrected chi connectivity index (χ0v) is 11.2. The van der Waals surface area contributed by atoms with Crippen molar-refractivity contribution < 1.29 is 0 Å². The second kappa shape index (κ2) is 5.83. The number of hydrogen-bond acceptors (Lipinski definition) is 1. The van der Waals surface area contributed by atoms with E-state index < -0.39 is 0 Å². The van der Waals surface area contributed by atoms with Gasteiger partial charge in [-0.15, -0.1) is 0 Å². The summed E-state index contributed by atoms with van der Waals surface area (Å²) in [5.41, 5.74) is 2.60. The van der Waals surface area contributed by atoms with Crippen molar-refractivity contribution >= 4 is 0 Å². The van der Waals surface area contributed by atoms with Gasteiger partial charge >= 0.3 is 0 Å². The van der Waals surface area contributed by atoms with Gasteiger partial charge in [0, 0.05) is 0 Å². The van der Waals surface area contributed by atoms with Crippen molar-refractivity contribution in [2.45, 2.75) is 25.8 Å². The maximum absolute atomic E-state index is 3.68. The minimum Gasteiger partial charge on any atom is -0.304 e. The van der Waals surface area contributed by atoms with Gasteiger partial charge in [0.05, 0.1) is 5.54 Å². The van der Waals surface area contributed by atoms with Gasteiger partial charge in [0.2, 0.25) is 0 Å². The van der Waals surface area contributed by atoms with Crippen LogP contribution in [-0.4, -0.2) is 6.54 Å².